The van der Waals surface area contributed by atoms with E-state index in [0.717, 1.165) is 24.8 Å². The predicted octanol–water partition coefficient (Wildman–Crippen LogP) is 7.09. The molecule has 0 saturated heterocycles. The standard InChI is InChI=1S/C25H27F3N4O2/c1-16(2)33-21-9-5-6-18(14-21)30-23-22(25(26,27)28)15-29-24(32-23)31-17-10-12-20(13-11-17)34-19-7-3-4-8-19/h5-6,9-16,19H,3-4,7-8H2,1-2H3,(H2,29,30,31,32). The molecule has 3 aromatic rings. The largest absolute Gasteiger partial charge is 0.491 e. The molecule has 180 valence electrons. The van der Waals surface area contributed by atoms with Gasteiger partial charge in [-0.05, 0) is 75.9 Å². The second-order valence-corrected chi connectivity index (χ2v) is 8.45. The molecule has 1 aromatic heterocycles. The van der Waals surface area contributed by atoms with Crippen LogP contribution in [0.5, 0.6) is 11.5 Å². The Bertz CT molecular complexity index is 1100. The van der Waals surface area contributed by atoms with Crippen LogP contribution in [0.3, 0.4) is 0 Å². The van der Waals surface area contributed by atoms with Crippen LogP contribution in [-0.2, 0) is 6.18 Å². The smallest absolute Gasteiger partial charge is 0.421 e. The molecule has 2 aromatic carbocycles. The van der Waals surface area contributed by atoms with Crippen molar-refractivity contribution in [2.45, 2.75) is 57.9 Å². The molecule has 0 radical (unpaired) electrons. The van der Waals surface area contributed by atoms with E-state index in [-0.39, 0.29) is 24.0 Å². The lowest BCUT2D eigenvalue weighted by Crippen LogP contribution is -2.13. The van der Waals surface area contributed by atoms with E-state index in [1.165, 1.54) is 12.8 Å². The molecule has 0 bridgehead atoms. The van der Waals surface area contributed by atoms with Gasteiger partial charge in [0, 0.05) is 23.6 Å². The molecule has 0 atom stereocenters. The van der Waals surface area contributed by atoms with Crippen LogP contribution in [0.1, 0.15) is 45.1 Å². The van der Waals surface area contributed by atoms with Crippen molar-refractivity contribution in [1.82, 2.24) is 9.97 Å². The monoisotopic (exact) mass is 472 g/mol. The van der Waals surface area contributed by atoms with Gasteiger partial charge in [0.1, 0.15) is 22.9 Å². The summed E-state index contributed by atoms with van der Waals surface area (Å²) in [6.07, 6.45) is 0.808. The van der Waals surface area contributed by atoms with Gasteiger partial charge in [-0.3, -0.25) is 0 Å². The number of benzene rings is 2. The summed E-state index contributed by atoms with van der Waals surface area (Å²) in [5.41, 5.74) is 0.0899. The van der Waals surface area contributed by atoms with Crippen molar-refractivity contribution in [2.75, 3.05) is 10.6 Å². The van der Waals surface area contributed by atoms with Crippen LogP contribution < -0.4 is 20.1 Å². The van der Waals surface area contributed by atoms with Crippen LogP contribution in [0, 0.1) is 0 Å². The van der Waals surface area contributed by atoms with Gasteiger partial charge in [0.25, 0.3) is 0 Å². The summed E-state index contributed by atoms with van der Waals surface area (Å²) in [4.78, 5) is 7.97. The van der Waals surface area contributed by atoms with Gasteiger partial charge in [-0.25, -0.2) is 4.98 Å². The fourth-order valence-corrected chi connectivity index (χ4v) is 3.75. The average Bonchev–Trinajstić information content (AvgIpc) is 3.27. The van der Waals surface area contributed by atoms with Crippen molar-refractivity contribution in [3.05, 3.63) is 60.3 Å². The summed E-state index contributed by atoms with van der Waals surface area (Å²) in [5, 5.41) is 5.71. The number of anilines is 4. The Hall–Kier alpha value is -3.49. The number of rotatable bonds is 8. The maximum Gasteiger partial charge on any atom is 0.421 e. The number of halogens is 3. The maximum absolute atomic E-state index is 13.6. The van der Waals surface area contributed by atoms with E-state index >= 15 is 0 Å². The zero-order chi connectivity index (χ0) is 24.1. The number of alkyl halides is 3. The zero-order valence-electron chi connectivity index (χ0n) is 19.0. The molecule has 1 fully saturated rings. The van der Waals surface area contributed by atoms with Crippen LogP contribution in [0.25, 0.3) is 0 Å². The molecule has 0 spiro atoms. The molecule has 1 aliphatic rings. The summed E-state index contributed by atoms with van der Waals surface area (Å²) in [6.45, 7) is 3.75. The lowest BCUT2D eigenvalue weighted by atomic mass is 10.2. The summed E-state index contributed by atoms with van der Waals surface area (Å²) in [6, 6.07) is 13.9. The second-order valence-electron chi connectivity index (χ2n) is 8.45. The third-order valence-electron chi connectivity index (χ3n) is 5.28. The molecule has 6 nitrogen and oxygen atoms in total. The van der Waals surface area contributed by atoms with Crippen LogP contribution in [0.15, 0.2) is 54.7 Å². The maximum atomic E-state index is 13.6. The number of ether oxygens (including phenoxy) is 2. The Balaban J connectivity index is 1.52. The summed E-state index contributed by atoms with van der Waals surface area (Å²) in [7, 11) is 0. The molecule has 34 heavy (non-hydrogen) atoms. The highest BCUT2D eigenvalue weighted by Gasteiger charge is 2.35. The van der Waals surface area contributed by atoms with Gasteiger partial charge < -0.3 is 20.1 Å². The van der Waals surface area contributed by atoms with Gasteiger partial charge in [-0.1, -0.05) is 6.07 Å². The molecular formula is C25H27F3N4O2. The van der Waals surface area contributed by atoms with E-state index in [9.17, 15) is 13.2 Å². The Morgan fingerprint density at radius 2 is 1.68 bits per heavy atom. The average molecular weight is 473 g/mol. The number of nitrogens with zero attached hydrogens (tertiary/aromatic N) is 2. The van der Waals surface area contributed by atoms with Crippen LogP contribution in [0.2, 0.25) is 0 Å². The van der Waals surface area contributed by atoms with Gasteiger partial charge in [0.15, 0.2) is 0 Å². The lowest BCUT2D eigenvalue weighted by molar-refractivity contribution is -0.137. The molecule has 0 amide bonds. The lowest BCUT2D eigenvalue weighted by Gasteiger charge is -2.16. The first kappa shape index (κ1) is 23.7. The topological polar surface area (TPSA) is 68.3 Å². The fourth-order valence-electron chi connectivity index (χ4n) is 3.75. The van der Waals surface area contributed by atoms with E-state index in [0.29, 0.717) is 17.1 Å². The van der Waals surface area contributed by atoms with E-state index in [1.807, 2.05) is 26.0 Å². The Morgan fingerprint density at radius 1 is 0.941 bits per heavy atom. The first-order valence-corrected chi connectivity index (χ1v) is 11.3. The van der Waals surface area contributed by atoms with Crippen molar-refractivity contribution in [3.8, 4) is 11.5 Å². The Morgan fingerprint density at radius 3 is 2.35 bits per heavy atom. The Kier molecular flexibility index (Phi) is 7.09. The summed E-state index contributed by atoms with van der Waals surface area (Å²) < 4.78 is 52.4. The summed E-state index contributed by atoms with van der Waals surface area (Å²) in [5.74, 6) is 0.986. The highest BCUT2D eigenvalue weighted by Crippen LogP contribution is 2.36. The van der Waals surface area contributed by atoms with Gasteiger partial charge in [-0.15, -0.1) is 0 Å². The van der Waals surface area contributed by atoms with Gasteiger partial charge >= 0.3 is 6.18 Å². The SMILES string of the molecule is CC(C)Oc1cccc(Nc2nc(Nc3ccc(OC4CCCC4)cc3)ncc2C(F)(F)F)c1. The van der Waals surface area contributed by atoms with E-state index in [4.69, 9.17) is 9.47 Å². The van der Waals surface area contributed by atoms with Crippen molar-refractivity contribution in [2.24, 2.45) is 0 Å². The number of nitrogens with one attached hydrogen (secondary N) is 2. The van der Waals surface area contributed by atoms with Gasteiger partial charge in [0.2, 0.25) is 5.95 Å². The number of hydrogen-bond acceptors (Lipinski definition) is 6. The van der Waals surface area contributed by atoms with Crippen LogP contribution in [-0.4, -0.2) is 22.2 Å². The fraction of sp³-hybridized carbons (Fsp3) is 0.360. The minimum Gasteiger partial charge on any atom is -0.491 e. The molecular weight excluding hydrogens is 445 g/mol. The molecule has 4 rings (SSSR count). The van der Waals surface area contributed by atoms with Crippen LogP contribution in [0.4, 0.5) is 36.3 Å². The third kappa shape index (κ3) is 6.30. The van der Waals surface area contributed by atoms with Crippen molar-refractivity contribution in [1.29, 1.82) is 0 Å². The Labute approximate surface area is 196 Å². The first-order valence-electron chi connectivity index (χ1n) is 11.3. The molecule has 2 N–H and O–H groups in total. The zero-order valence-corrected chi connectivity index (χ0v) is 19.0. The minimum atomic E-state index is -4.62. The normalized spacial score (nSPS) is 14.3. The molecule has 0 aliphatic heterocycles. The number of aromatic nitrogens is 2. The minimum absolute atomic E-state index is 0.0366. The van der Waals surface area contributed by atoms with Crippen molar-refractivity contribution in [3.63, 3.8) is 0 Å². The summed E-state index contributed by atoms with van der Waals surface area (Å²) >= 11 is 0. The first-order chi connectivity index (χ1) is 16.3. The third-order valence-corrected chi connectivity index (χ3v) is 5.28. The van der Waals surface area contributed by atoms with Crippen molar-refractivity contribution >= 4 is 23.1 Å². The molecule has 1 saturated carbocycles. The number of hydrogen-bond donors (Lipinski definition) is 2. The molecule has 0 unspecified atom stereocenters. The molecule has 1 aliphatic carbocycles. The van der Waals surface area contributed by atoms with E-state index in [2.05, 4.69) is 20.6 Å². The van der Waals surface area contributed by atoms with Crippen molar-refractivity contribution < 1.29 is 22.6 Å². The second kappa shape index (κ2) is 10.2. The molecule has 9 heteroatoms. The van der Waals surface area contributed by atoms with Gasteiger partial charge in [-0.2, -0.15) is 18.2 Å². The molecule has 1 heterocycles. The predicted molar refractivity (Wildman–Crippen MR) is 125 cm³/mol. The highest BCUT2D eigenvalue weighted by molar-refractivity contribution is 5.64. The van der Waals surface area contributed by atoms with Crippen LogP contribution >= 0.6 is 0 Å². The van der Waals surface area contributed by atoms with E-state index < -0.39 is 11.7 Å². The quantitative estimate of drug-likeness (QED) is 0.365. The van der Waals surface area contributed by atoms with Gasteiger partial charge in [0.05, 0.1) is 12.2 Å². The van der Waals surface area contributed by atoms with E-state index in [1.54, 1.807) is 36.4 Å². The highest BCUT2D eigenvalue weighted by atomic mass is 19.4.